The Hall–Kier alpha value is -1.99. The van der Waals surface area contributed by atoms with E-state index in [1.807, 2.05) is 12.1 Å². The van der Waals surface area contributed by atoms with E-state index in [9.17, 15) is 4.79 Å². The summed E-state index contributed by atoms with van der Waals surface area (Å²) in [6.07, 6.45) is 4.67. The van der Waals surface area contributed by atoms with Crippen LogP contribution in [0.15, 0.2) is 46.5 Å². The van der Waals surface area contributed by atoms with E-state index in [0.29, 0.717) is 5.91 Å². The number of nitrogens with zero attached hydrogens (tertiary/aromatic N) is 4. The Labute approximate surface area is 176 Å². The number of amides is 1. The molecule has 7 heteroatoms. The molecule has 0 bridgehead atoms. The molecule has 5 rings (SSSR count). The van der Waals surface area contributed by atoms with Gasteiger partial charge in [-0.1, -0.05) is 34.5 Å². The number of carbonyl (C=O) groups excluding carboxylic acids is 1. The van der Waals surface area contributed by atoms with Gasteiger partial charge in [-0.25, -0.2) is 9.97 Å². The second-order valence-electron chi connectivity index (χ2n) is 7.56. The van der Waals surface area contributed by atoms with Crippen LogP contribution in [0, 0.1) is 0 Å². The molecule has 0 radical (unpaired) electrons. The molecule has 1 saturated carbocycles. The third kappa shape index (κ3) is 2.92. The molecule has 1 aromatic carbocycles. The summed E-state index contributed by atoms with van der Waals surface area (Å²) in [5.41, 5.74) is 0.837. The third-order valence-electron chi connectivity index (χ3n) is 6.12. The average molecular weight is 457 g/mol. The van der Waals surface area contributed by atoms with Crippen molar-refractivity contribution in [1.82, 2.24) is 14.9 Å². The lowest BCUT2D eigenvalue weighted by molar-refractivity contribution is -0.141. The van der Waals surface area contributed by atoms with E-state index in [1.165, 1.54) is 0 Å². The summed E-state index contributed by atoms with van der Waals surface area (Å²) in [4.78, 5) is 27.7. The maximum atomic E-state index is 13.5. The molecule has 2 aromatic heterocycles. The molecule has 2 aliphatic rings. The molecule has 0 spiro atoms. The van der Waals surface area contributed by atoms with Gasteiger partial charge in [0.25, 0.3) is 0 Å². The Bertz CT molecular complexity index is 1010. The highest BCUT2D eigenvalue weighted by Crippen LogP contribution is 2.45. The average Bonchev–Trinajstić information content (AvgIpc) is 3.17. The van der Waals surface area contributed by atoms with Crippen LogP contribution in [-0.2, 0) is 10.2 Å². The largest absolute Gasteiger partial charge is 0.352 e. The normalized spacial score (nSPS) is 18.9. The van der Waals surface area contributed by atoms with E-state index >= 15 is 0 Å². The maximum absolute atomic E-state index is 13.5. The van der Waals surface area contributed by atoms with Crippen LogP contribution >= 0.6 is 27.3 Å². The smallest absolute Gasteiger partial charge is 0.233 e. The Morgan fingerprint density at radius 1 is 1.04 bits per heavy atom. The zero-order valence-corrected chi connectivity index (χ0v) is 17.9. The van der Waals surface area contributed by atoms with Crippen LogP contribution in [-0.4, -0.2) is 47.0 Å². The van der Waals surface area contributed by atoms with Crippen LogP contribution < -0.4 is 4.90 Å². The fourth-order valence-electron chi connectivity index (χ4n) is 4.38. The minimum absolute atomic E-state index is 0.295. The highest BCUT2D eigenvalue weighted by Gasteiger charge is 2.48. The Kier molecular flexibility index (Phi) is 4.59. The van der Waals surface area contributed by atoms with Crippen LogP contribution in [0.4, 0.5) is 5.82 Å². The fourth-order valence-corrected chi connectivity index (χ4v) is 5.37. The van der Waals surface area contributed by atoms with Gasteiger partial charge in [-0.2, -0.15) is 0 Å². The van der Waals surface area contributed by atoms with Crippen LogP contribution in [0.5, 0.6) is 0 Å². The lowest BCUT2D eigenvalue weighted by Crippen LogP contribution is -2.56. The first-order chi connectivity index (χ1) is 13.7. The molecule has 1 aliphatic carbocycles. The van der Waals surface area contributed by atoms with E-state index in [0.717, 1.165) is 71.5 Å². The summed E-state index contributed by atoms with van der Waals surface area (Å²) in [6.45, 7) is 3.10. The van der Waals surface area contributed by atoms with Crippen molar-refractivity contribution < 1.29 is 4.79 Å². The molecule has 1 aliphatic heterocycles. The van der Waals surface area contributed by atoms with Crippen molar-refractivity contribution >= 4 is 49.2 Å². The van der Waals surface area contributed by atoms with Crippen molar-refractivity contribution in [3.63, 3.8) is 0 Å². The molecule has 3 aromatic rings. The maximum Gasteiger partial charge on any atom is 0.233 e. The lowest BCUT2D eigenvalue weighted by Gasteiger charge is -2.46. The number of thiophene rings is 1. The van der Waals surface area contributed by atoms with E-state index in [2.05, 4.69) is 59.3 Å². The van der Waals surface area contributed by atoms with Gasteiger partial charge in [-0.05, 0) is 42.0 Å². The number of carbonyl (C=O) groups is 1. The number of fused-ring (bicyclic) bond motifs is 1. The van der Waals surface area contributed by atoms with Gasteiger partial charge >= 0.3 is 0 Å². The minimum atomic E-state index is -0.321. The molecular weight excluding hydrogens is 436 g/mol. The summed E-state index contributed by atoms with van der Waals surface area (Å²) in [5.74, 6) is 1.29. The predicted octanol–water partition coefficient (Wildman–Crippen LogP) is 4.22. The molecule has 144 valence electrons. The first-order valence-electron chi connectivity index (χ1n) is 9.66. The molecule has 5 nitrogen and oxygen atoms in total. The second-order valence-corrected chi connectivity index (χ2v) is 9.37. The minimum Gasteiger partial charge on any atom is -0.352 e. The Morgan fingerprint density at radius 2 is 1.79 bits per heavy atom. The van der Waals surface area contributed by atoms with Crippen LogP contribution in [0.1, 0.15) is 24.8 Å². The number of hydrogen-bond donors (Lipinski definition) is 0. The number of benzene rings is 1. The molecule has 3 heterocycles. The highest BCUT2D eigenvalue weighted by molar-refractivity contribution is 9.10. The number of rotatable bonds is 3. The SMILES string of the molecule is O=C(N1CCN(c2ncnc3sccc23)CC1)C1(c2ccc(Br)cc2)CCC1. The van der Waals surface area contributed by atoms with Crippen LogP contribution in [0.2, 0.25) is 0 Å². The molecule has 1 saturated heterocycles. The van der Waals surface area contributed by atoms with Gasteiger partial charge in [0, 0.05) is 30.7 Å². The van der Waals surface area contributed by atoms with Crippen molar-refractivity contribution in [3.8, 4) is 0 Å². The molecule has 0 unspecified atom stereocenters. The first kappa shape index (κ1) is 18.1. The molecule has 2 fully saturated rings. The number of aromatic nitrogens is 2. The standard InChI is InChI=1S/C21H21BrN4OS/c22-16-4-2-15(3-5-16)21(7-1-8-21)20(27)26-11-9-25(10-12-26)18-17-6-13-28-19(17)24-14-23-18/h2-6,13-14H,1,7-12H2. The van der Waals surface area contributed by atoms with E-state index in [1.54, 1.807) is 17.7 Å². The summed E-state index contributed by atoms with van der Waals surface area (Å²) in [5, 5.41) is 3.17. The van der Waals surface area contributed by atoms with E-state index in [4.69, 9.17) is 0 Å². The first-order valence-corrected chi connectivity index (χ1v) is 11.3. The van der Waals surface area contributed by atoms with Crippen molar-refractivity contribution in [2.24, 2.45) is 0 Å². The zero-order valence-electron chi connectivity index (χ0n) is 15.5. The zero-order chi connectivity index (χ0) is 19.1. The van der Waals surface area contributed by atoms with Gasteiger partial charge in [0.15, 0.2) is 0 Å². The quantitative estimate of drug-likeness (QED) is 0.591. The molecule has 1 amide bonds. The fraction of sp³-hybridized carbons (Fsp3) is 0.381. The van der Waals surface area contributed by atoms with E-state index in [-0.39, 0.29) is 5.41 Å². The molecule has 28 heavy (non-hydrogen) atoms. The number of halogens is 1. The lowest BCUT2D eigenvalue weighted by atomic mass is 9.63. The third-order valence-corrected chi connectivity index (χ3v) is 7.47. The summed E-state index contributed by atoms with van der Waals surface area (Å²) < 4.78 is 1.05. The highest BCUT2D eigenvalue weighted by atomic mass is 79.9. The van der Waals surface area contributed by atoms with Crippen molar-refractivity contribution in [2.45, 2.75) is 24.7 Å². The van der Waals surface area contributed by atoms with Gasteiger partial charge in [0.2, 0.25) is 5.91 Å². The number of hydrogen-bond acceptors (Lipinski definition) is 5. The van der Waals surface area contributed by atoms with Gasteiger partial charge < -0.3 is 9.80 Å². The van der Waals surface area contributed by atoms with Gasteiger partial charge in [-0.15, -0.1) is 11.3 Å². The van der Waals surface area contributed by atoms with Crippen molar-refractivity contribution in [1.29, 1.82) is 0 Å². The van der Waals surface area contributed by atoms with Gasteiger partial charge in [0.05, 0.1) is 10.8 Å². The summed E-state index contributed by atoms with van der Waals surface area (Å²) in [6, 6.07) is 10.4. The predicted molar refractivity (Wildman–Crippen MR) is 116 cm³/mol. The molecule has 0 N–H and O–H groups in total. The van der Waals surface area contributed by atoms with Crippen LogP contribution in [0.25, 0.3) is 10.2 Å². The molecule has 0 atom stereocenters. The van der Waals surface area contributed by atoms with Crippen LogP contribution in [0.3, 0.4) is 0 Å². The van der Waals surface area contributed by atoms with Gasteiger partial charge in [-0.3, -0.25) is 4.79 Å². The topological polar surface area (TPSA) is 49.3 Å². The van der Waals surface area contributed by atoms with Crippen molar-refractivity contribution in [3.05, 3.63) is 52.1 Å². The van der Waals surface area contributed by atoms with Gasteiger partial charge in [0.1, 0.15) is 17.0 Å². The Balaban J connectivity index is 1.33. The number of anilines is 1. The Morgan fingerprint density at radius 3 is 2.46 bits per heavy atom. The molecular formula is C21H21BrN4OS. The summed E-state index contributed by atoms with van der Waals surface area (Å²) >= 11 is 5.14. The second kappa shape index (κ2) is 7.12. The van der Waals surface area contributed by atoms with E-state index < -0.39 is 0 Å². The monoisotopic (exact) mass is 456 g/mol. The van der Waals surface area contributed by atoms with Crippen molar-refractivity contribution in [2.75, 3.05) is 31.1 Å². The number of piperazine rings is 1. The summed E-state index contributed by atoms with van der Waals surface area (Å²) in [7, 11) is 0.